The normalized spacial score (nSPS) is 16.6. The van der Waals surface area contributed by atoms with Crippen LogP contribution in [0.5, 0.6) is 0 Å². The molecule has 0 amide bonds. The van der Waals surface area contributed by atoms with Crippen LogP contribution in [-0.4, -0.2) is 11.4 Å². The van der Waals surface area contributed by atoms with Crippen molar-refractivity contribution in [1.82, 2.24) is 0 Å². The topological polar surface area (TPSA) is 17.1 Å². The van der Waals surface area contributed by atoms with Crippen LogP contribution >= 0.6 is 11.8 Å². The maximum atomic E-state index is 9.96. The molecule has 0 aromatic carbocycles. The lowest BCUT2D eigenvalue weighted by Gasteiger charge is -2.02. The lowest BCUT2D eigenvalue weighted by molar-refractivity contribution is 0.570. The standard InChI is InChI=1S/C8H10OS/c9-7-10-6-8-4-2-1-3-5-8/h2,4-5,7H,1,3,6H2. The molecule has 0 bridgehead atoms. The van der Waals surface area contributed by atoms with Gasteiger partial charge >= 0.3 is 0 Å². The molecule has 1 rings (SSSR count). The summed E-state index contributed by atoms with van der Waals surface area (Å²) in [5.74, 6) is 0.833. The Bertz CT molecular complexity index is 170. The molecule has 0 saturated heterocycles. The van der Waals surface area contributed by atoms with Crippen molar-refractivity contribution >= 4 is 17.4 Å². The van der Waals surface area contributed by atoms with E-state index in [4.69, 9.17) is 0 Å². The fraction of sp³-hybridized carbons (Fsp3) is 0.375. The first-order valence-electron chi connectivity index (χ1n) is 3.34. The van der Waals surface area contributed by atoms with E-state index >= 15 is 0 Å². The van der Waals surface area contributed by atoms with Crippen LogP contribution in [0.25, 0.3) is 0 Å². The molecule has 1 nitrogen and oxygen atoms in total. The van der Waals surface area contributed by atoms with Crippen LogP contribution in [0, 0.1) is 0 Å². The Hall–Kier alpha value is -0.500. The Morgan fingerprint density at radius 1 is 1.60 bits per heavy atom. The third kappa shape index (κ3) is 2.40. The molecule has 0 saturated carbocycles. The Labute approximate surface area is 65.2 Å². The molecule has 54 valence electrons. The molecule has 1 aliphatic rings. The van der Waals surface area contributed by atoms with Crippen molar-refractivity contribution in [3.8, 4) is 0 Å². The second kappa shape index (κ2) is 4.34. The zero-order chi connectivity index (χ0) is 7.23. The summed E-state index contributed by atoms with van der Waals surface area (Å²) < 4.78 is 0. The molecular weight excluding hydrogens is 144 g/mol. The summed E-state index contributed by atoms with van der Waals surface area (Å²) in [6.07, 6.45) is 8.72. The zero-order valence-corrected chi connectivity index (χ0v) is 6.56. The highest BCUT2D eigenvalue weighted by molar-refractivity contribution is 8.12. The Morgan fingerprint density at radius 2 is 2.50 bits per heavy atom. The van der Waals surface area contributed by atoms with Gasteiger partial charge in [0.2, 0.25) is 0 Å². The Morgan fingerprint density at radius 3 is 3.10 bits per heavy atom. The number of carbonyl (C=O) groups is 1. The van der Waals surface area contributed by atoms with Gasteiger partial charge in [0.15, 0.2) is 5.62 Å². The molecule has 10 heavy (non-hydrogen) atoms. The summed E-state index contributed by atoms with van der Waals surface area (Å²) in [5, 5.41) is 0. The van der Waals surface area contributed by atoms with E-state index in [1.165, 1.54) is 17.3 Å². The van der Waals surface area contributed by atoms with Crippen LogP contribution in [0.4, 0.5) is 0 Å². The Kier molecular flexibility index (Phi) is 3.30. The number of allylic oxidation sites excluding steroid dienone is 3. The second-order valence-electron chi connectivity index (χ2n) is 2.17. The fourth-order valence-corrected chi connectivity index (χ4v) is 1.38. The van der Waals surface area contributed by atoms with E-state index in [0.717, 1.165) is 24.2 Å². The summed E-state index contributed by atoms with van der Waals surface area (Å²) in [5.41, 5.74) is 2.17. The van der Waals surface area contributed by atoms with Crippen molar-refractivity contribution in [3.05, 3.63) is 23.8 Å². The van der Waals surface area contributed by atoms with Crippen LogP contribution in [0.15, 0.2) is 23.8 Å². The van der Waals surface area contributed by atoms with Gasteiger partial charge in [-0.05, 0) is 18.4 Å². The van der Waals surface area contributed by atoms with Crippen molar-refractivity contribution in [2.45, 2.75) is 12.8 Å². The van der Waals surface area contributed by atoms with Gasteiger partial charge in [0.25, 0.3) is 0 Å². The SMILES string of the molecule is O=CSCC1=CCCC=C1. The molecule has 0 atom stereocenters. The molecular formula is C8H10OS. The first-order valence-corrected chi connectivity index (χ1v) is 4.39. The molecule has 0 radical (unpaired) electrons. The second-order valence-corrected chi connectivity index (χ2v) is 2.98. The van der Waals surface area contributed by atoms with Crippen molar-refractivity contribution in [2.75, 3.05) is 5.75 Å². The molecule has 0 spiro atoms. The van der Waals surface area contributed by atoms with Crippen LogP contribution in [0.2, 0.25) is 0 Å². The van der Waals surface area contributed by atoms with Crippen LogP contribution in [0.1, 0.15) is 12.8 Å². The van der Waals surface area contributed by atoms with E-state index in [0.29, 0.717) is 0 Å². The molecule has 0 fully saturated rings. The number of rotatable bonds is 3. The average Bonchev–Trinajstić information content (AvgIpc) is 2.03. The number of carbonyl (C=O) groups excluding carboxylic acids is 1. The van der Waals surface area contributed by atoms with Crippen LogP contribution in [-0.2, 0) is 4.79 Å². The van der Waals surface area contributed by atoms with Gasteiger partial charge in [-0.15, -0.1) is 0 Å². The summed E-state index contributed by atoms with van der Waals surface area (Å²) in [4.78, 5) is 9.96. The molecule has 2 heteroatoms. The average molecular weight is 154 g/mol. The number of hydrogen-bond donors (Lipinski definition) is 0. The minimum Gasteiger partial charge on any atom is -0.291 e. The highest BCUT2D eigenvalue weighted by Gasteiger charge is 1.95. The van der Waals surface area contributed by atoms with Gasteiger partial charge in [-0.1, -0.05) is 30.0 Å². The van der Waals surface area contributed by atoms with Crippen molar-refractivity contribution in [1.29, 1.82) is 0 Å². The monoisotopic (exact) mass is 154 g/mol. The lowest BCUT2D eigenvalue weighted by atomic mass is 10.1. The molecule has 1 aliphatic carbocycles. The minimum atomic E-state index is 0.833. The predicted molar refractivity (Wildman–Crippen MR) is 45.7 cm³/mol. The van der Waals surface area contributed by atoms with Gasteiger partial charge in [0.05, 0.1) is 0 Å². The summed E-state index contributed by atoms with van der Waals surface area (Å²) in [6.45, 7) is 0. The molecule has 0 N–H and O–H groups in total. The quantitative estimate of drug-likeness (QED) is 0.579. The summed E-state index contributed by atoms with van der Waals surface area (Å²) >= 11 is 1.31. The van der Waals surface area contributed by atoms with Gasteiger partial charge in [-0.25, -0.2) is 0 Å². The molecule has 0 aromatic heterocycles. The fourth-order valence-electron chi connectivity index (χ4n) is 0.905. The third-order valence-corrected chi connectivity index (χ3v) is 2.03. The van der Waals surface area contributed by atoms with E-state index in [2.05, 4.69) is 18.2 Å². The van der Waals surface area contributed by atoms with Gasteiger partial charge < -0.3 is 0 Å². The van der Waals surface area contributed by atoms with E-state index in [-0.39, 0.29) is 0 Å². The largest absolute Gasteiger partial charge is 0.291 e. The van der Waals surface area contributed by atoms with Crippen molar-refractivity contribution in [3.63, 3.8) is 0 Å². The van der Waals surface area contributed by atoms with Crippen molar-refractivity contribution in [2.24, 2.45) is 0 Å². The van der Waals surface area contributed by atoms with Gasteiger partial charge in [0.1, 0.15) is 0 Å². The molecule has 0 aliphatic heterocycles. The van der Waals surface area contributed by atoms with E-state index in [1.54, 1.807) is 0 Å². The van der Waals surface area contributed by atoms with E-state index in [9.17, 15) is 4.79 Å². The number of thioether (sulfide) groups is 1. The summed E-state index contributed by atoms with van der Waals surface area (Å²) in [6, 6.07) is 0. The van der Waals surface area contributed by atoms with Gasteiger partial charge in [-0.3, -0.25) is 4.79 Å². The van der Waals surface area contributed by atoms with Gasteiger partial charge in [0, 0.05) is 5.75 Å². The molecule has 0 aromatic rings. The lowest BCUT2D eigenvalue weighted by Crippen LogP contribution is -1.87. The van der Waals surface area contributed by atoms with Crippen molar-refractivity contribution < 1.29 is 4.79 Å². The third-order valence-electron chi connectivity index (χ3n) is 1.39. The summed E-state index contributed by atoms with van der Waals surface area (Å²) in [7, 11) is 0. The highest BCUT2D eigenvalue weighted by Crippen LogP contribution is 2.13. The first-order chi connectivity index (χ1) is 4.93. The number of hydrogen-bond acceptors (Lipinski definition) is 2. The van der Waals surface area contributed by atoms with E-state index < -0.39 is 0 Å². The van der Waals surface area contributed by atoms with Crippen LogP contribution < -0.4 is 0 Å². The first kappa shape index (κ1) is 7.61. The predicted octanol–water partition coefficient (Wildman–Crippen LogP) is 2.19. The highest BCUT2D eigenvalue weighted by atomic mass is 32.2. The van der Waals surface area contributed by atoms with E-state index in [1.807, 2.05) is 0 Å². The van der Waals surface area contributed by atoms with Gasteiger partial charge in [-0.2, -0.15) is 0 Å². The maximum absolute atomic E-state index is 9.96. The molecule has 0 heterocycles. The maximum Gasteiger partial charge on any atom is 0.176 e. The minimum absolute atomic E-state index is 0.833. The Balaban J connectivity index is 2.32. The van der Waals surface area contributed by atoms with Crippen LogP contribution in [0.3, 0.4) is 0 Å². The molecule has 0 unspecified atom stereocenters. The zero-order valence-electron chi connectivity index (χ0n) is 5.75. The smallest absolute Gasteiger partial charge is 0.176 e.